The Hall–Kier alpha value is -1.59. The van der Waals surface area contributed by atoms with Crippen LogP contribution in [0.2, 0.25) is 0 Å². The van der Waals surface area contributed by atoms with Crippen LogP contribution in [-0.4, -0.2) is 62.7 Å². The molecule has 0 radical (unpaired) electrons. The molecule has 0 aromatic heterocycles. The Kier molecular flexibility index (Phi) is 5.59. The minimum absolute atomic E-state index is 0.126. The van der Waals surface area contributed by atoms with Crippen LogP contribution in [0, 0.1) is 0 Å². The maximum Gasteiger partial charge on any atom is 0.219 e. The van der Waals surface area contributed by atoms with E-state index >= 15 is 0 Å². The number of methoxy groups -OCH3 is 2. The first-order valence-electron chi connectivity index (χ1n) is 7.28. The zero-order valence-electron chi connectivity index (χ0n) is 13.0. The van der Waals surface area contributed by atoms with Gasteiger partial charge < -0.3 is 14.4 Å². The van der Waals surface area contributed by atoms with Crippen molar-refractivity contribution >= 4 is 5.91 Å². The minimum atomic E-state index is 0.126. The van der Waals surface area contributed by atoms with Crippen molar-refractivity contribution < 1.29 is 14.3 Å². The number of carbonyl (C=O) groups excluding carboxylic acids is 1. The van der Waals surface area contributed by atoms with E-state index in [9.17, 15) is 4.79 Å². The number of amides is 1. The molecule has 0 spiro atoms. The van der Waals surface area contributed by atoms with Gasteiger partial charge in [0.25, 0.3) is 0 Å². The van der Waals surface area contributed by atoms with Crippen molar-refractivity contribution in [3.63, 3.8) is 0 Å². The van der Waals surface area contributed by atoms with E-state index in [-0.39, 0.29) is 11.9 Å². The van der Waals surface area contributed by atoms with Gasteiger partial charge in [0.15, 0.2) is 0 Å². The van der Waals surface area contributed by atoms with Crippen LogP contribution < -0.4 is 4.74 Å². The molecule has 1 aliphatic heterocycles. The number of rotatable bonds is 5. The second-order valence-corrected chi connectivity index (χ2v) is 5.25. The topological polar surface area (TPSA) is 42.0 Å². The lowest BCUT2D eigenvalue weighted by Crippen LogP contribution is -2.50. The molecule has 116 valence electrons. The Balaban J connectivity index is 2.25. The summed E-state index contributed by atoms with van der Waals surface area (Å²) in [5.41, 5.74) is 1.13. The van der Waals surface area contributed by atoms with E-state index in [1.807, 2.05) is 23.1 Å². The first-order chi connectivity index (χ1) is 10.2. The number of ether oxygens (including phenoxy) is 2. The van der Waals surface area contributed by atoms with Gasteiger partial charge in [-0.15, -0.1) is 0 Å². The predicted octanol–water partition coefficient (Wildman–Crippen LogP) is 1.55. The van der Waals surface area contributed by atoms with Gasteiger partial charge in [-0.05, 0) is 6.07 Å². The van der Waals surface area contributed by atoms with Crippen LogP contribution in [0.3, 0.4) is 0 Å². The fourth-order valence-electron chi connectivity index (χ4n) is 2.82. The highest BCUT2D eigenvalue weighted by atomic mass is 16.5. The number of carbonyl (C=O) groups is 1. The second kappa shape index (κ2) is 7.43. The highest BCUT2D eigenvalue weighted by Gasteiger charge is 2.30. The van der Waals surface area contributed by atoms with E-state index in [1.54, 1.807) is 21.1 Å². The first kappa shape index (κ1) is 15.8. The molecule has 1 aromatic rings. The molecule has 0 saturated carbocycles. The minimum Gasteiger partial charge on any atom is -0.496 e. The van der Waals surface area contributed by atoms with Crippen molar-refractivity contribution in [3.05, 3.63) is 29.8 Å². The predicted molar refractivity (Wildman–Crippen MR) is 81.4 cm³/mol. The molecule has 21 heavy (non-hydrogen) atoms. The van der Waals surface area contributed by atoms with Gasteiger partial charge in [0.1, 0.15) is 5.75 Å². The smallest absolute Gasteiger partial charge is 0.219 e. The molecule has 1 amide bonds. The molecule has 1 heterocycles. The number of para-hydroxylation sites is 1. The van der Waals surface area contributed by atoms with Gasteiger partial charge in [0.05, 0.1) is 19.8 Å². The van der Waals surface area contributed by atoms with E-state index in [4.69, 9.17) is 9.47 Å². The van der Waals surface area contributed by atoms with Crippen LogP contribution in [0.15, 0.2) is 24.3 Å². The van der Waals surface area contributed by atoms with Crippen LogP contribution in [0.1, 0.15) is 18.5 Å². The van der Waals surface area contributed by atoms with Gasteiger partial charge in [0.2, 0.25) is 5.91 Å². The van der Waals surface area contributed by atoms with Gasteiger partial charge in [0, 0.05) is 45.8 Å². The lowest BCUT2D eigenvalue weighted by molar-refractivity contribution is -0.132. The summed E-state index contributed by atoms with van der Waals surface area (Å²) in [7, 11) is 3.40. The highest BCUT2D eigenvalue weighted by molar-refractivity contribution is 5.73. The van der Waals surface area contributed by atoms with E-state index in [0.29, 0.717) is 13.2 Å². The molecular formula is C16H24N2O3. The second-order valence-electron chi connectivity index (χ2n) is 5.25. The van der Waals surface area contributed by atoms with Crippen molar-refractivity contribution in [2.24, 2.45) is 0 Å². The molecule has 0 N–H and O–H groups in total. The molecule has 1 fully saturated rings. The zero-order chi connectivity index (χ0) is 15.2. The molecule has 1 aromatic carbocycles. The van der Waals surface area contributed by atoms with Crippen molar-refractivity contribution in [1.82, 2.24) is 9.80 Å². The van der Waals surface area contributed by atoms with Gasteiger partial charge >= 0.3 is 0 Å². The van der Waals surface area contributed by atoms with Crippen LogP contribution >= 0.6 is 0 Å². The quantitative estimate of drug-likeness (QED) is 0.826. The summed E-state index contributed by atoms with van der Waals surface area (Å²) in [4.78, 5) is 16.0. The molecule has 0 aliphatic carbocycles. The fourth-order valence-corrected chi connectivity index (χ4v) is 2.82. The van der Waals surface area contributed by atoms with Crippen molar-refractivity contribution in [2.75, 3.05) is 47.0 Å². The Labute approximate surface area is 126 Å². The third-order valence-corrected chi connectivity index (χ3v) is 4.02. The average molecular weight is 292 g/mol. The van der Waals surface area contributed by atoms with Gasteiger partial charge in [-0.25, -0.2) is 0 Å². The van der Waals surface area contributed by atoms with E-state index in [1.165, 1.54) is 0 Å². The van der Waals surface area contributed by atoms with Crippen molar-refractivity contribution in [3.8, 4) is 5.75 Å². The van der Waals surface area contributed by atoms with Gasteiger partial charge in [-0.2, -0.15) is 0 Å². The molecule has 2 rings (SSSR count). The highest BCUT2D eigenvalue weighted by Crippen LogP contribution is 2.31. The SMILES string of the molecule is COCCN1CCN(C(C)=O)C[C@H]1c1ccccc1OC. The van der Waals surface area contributed by atoms with Crippen molar-refractivity contribution in [1.29, 1.82) is 0 Å². The number of nitrogens with zero attached hydrogens (tertiary/aromatic N) is 2. The van der Waals surface area contributed by atoms with E-state index in [2.05, 4.69) is 11.0 Å². The zero-order valence-corrected chi connectivity index (χ0v) is 13.0. The first-order valence-corrected chi connectivity index (χ1v) is 7.28. The monoisotopic (exact) mass is 292 g/mol. The number of hydrogen-bond acceptors (Lipinski definition) is 4. The summed E-state index contributed by atoms with van der Waals surface area (Å²) < 4.78 is 10.7. The standard InChI is InChI=1S/C16H24N2O3/c1-13(19)18-9-8-17(10-11-20-2)15(12-18)14-6-4-5-7-16(14)21-3/h4-7,15H,8-12H2,1-3H3/t15-/m0/s1. The van der Waals surface area contributed by atoms with Crippen LogP contribution in [0.5, 0.6) is 5.75 Å². The molecule has 5 nitrogen and oxygen atoms in total. The lowest BCUT2D eigenvalue weighted by atomic mass is 10.0. The Morgan fingerprint density at radius 2 is 2.05 bits per heavy atom. The summed E-state index contributed by atoms with van der Waals surface area (Å²) in [5, 5.41) is 0. The lowest BCUT2D eigenvalue weighted by Gasteiger charge is -2.41. The molecular weight excluding hydrogens is 268 g/mol. The number of hydrogen-bond donors (Lipinski definition) is 0. The maximum atomic E-state index is 11.7. The molecule has 0 unspecified atom stereocenters. The Bertz CT molecular complexity index is 478. The molecule has 5 heteroatoms. The Morgan fingerprint density at radius 1 is 1.29 bits per heavy atom. The average Bonchev–Trinajstić information content (AvgIpc) is 2.52. The van der Waals surface area contributed by atoms with E-state index in [0.717, 1.165) is 30.9 Å². The molecule has 1 saturated heterocycles. The van der Waals surface area contributed by atoms with Crippen LogP contribution in [0.4, 0.5) is 0 Å². The third kappa shape index (κ3) is 3.74. The summed E-state index contributed by atoms with van der Waals surface area (Å²) in [5.74, 6) is 0.997. The summed E-state index contributed by atoms with van der Waals surface area (Å²) in [6.45, 7) is 5.48. The van der Waals surface area contributed by atoms with Crippen LogP contribution in [0.25, 0.3) is 0 Å². The normalized spacial score (nSPS) is 19.6. The summed E-state index contributed by atoms with van der Waals surface area (Å²) in [6, 6.07) is 8.17. The van der Waals surface area contributed by atoms with Crippen LogP contribution in [-0.2, 0) is 9.53 Å². The summed E-state index contributed by atoms with van der Waals surface area (Å²) >= 11 is 0. The summed E-state index contributed by atoms with van der Waals surface area (Å²) in [6.07, 6.45) is 0. The number of piperazine rings is 1. The fraction of sp³-hybridized carbons (Fsp3) is 0.562. The number of benzene rings is 1. The van der Waals surface area contributed by atoms with Gasteiger partial charge in [-0.1, -0.05) is 18.2 Å². The third-order valence-electron chi connectivity index (χ3n) is 4.02. The maximum absolute atomic E-state index is 11.7. The van der Waals surface area contributed by atoms with Gasteiger partial charge in [-0.3, -0.25) is 9.69 Å². The Morgan fingerprint density at radius 3 is 2.71 bits per heavy atom. The van der Waals surface area contributed by atoms with E-state index < -0.39 is 0 Å². The largest absolute Gasteiger partial charge is 0.496 e. The molecule has 0 bridgehead atoms. The van der Waals surface area contributed by atoms with Crippen molar-refractivity contribution in [2.45, 2.75) is 13.0 Å². The molecule has 1 atom stereocenters. The molecule has 1 aliphatic rings.